The second-order valence-electron chi connectivity index (χ2n) is 6.32. The zero-order chi connectivity index (χ0) is 13.8. The van der Waals surface area contributed by atoms with Crippen LogP contribution in [0.15, 0.2) is 0 Å². The zero-order valence-corrected chi connectivity index (χ0v) is 12.2. The fourth-order valence-corrected chi connectivity index (χ4v) is 3.66. The molecular formula is C15H27NO3. The topological polar surface area (TPSA) is 49.8 Å². The van der Waals surface area contributed by atoms with Gasteiger partial charge in [0.05, 0.1) is 12.2 Å². The van der Waals surface area contributed by atoms with E-state index in [9.17, 15) is 4.79 Å². The minimum atomic E-state index is -0.662. The molecule has 2 fully saturated rings. The first-order valence-electron chi connectivity index (χ1n) is 7.66. The van der Waals surface area contributed by atoms with E-state index in [-0.39, 0.29) is 0 Å². The van der Waals surface area contributed by atoms with Gasteiger partial charge < -0.3 is 9.84 Å². The molecule has 3 unspecified atom stereocenters. The monoisotopic (exact) mass is 269 g/mol. The van der Waals surface area contributed by atoms with Crippen molar-refractivity contribution in [2.45, 2.75) is 70.6 Å². The first-order chi connectivity index (χ1) is 9.04. The molecule has 2 saturated heterocycles. The van der Waals surface area contributed by atoms with Gasteiger partial charge in [-0.05, 0) is 58.4 Å². The van der Waals surface area contributed by atoms with E-state index in [4.69, 9.17) is 9.84 Å². The summed E-state index contributed by atoms with van der Waals surface area (Å²) in [5.74, 6) is -0.0938. The van der Waals surface area contributed by atoms with Gasteiger partial charge >= 0.3 is 5.97 Å². The van der Waals surface area contributed by atoms with Crippen LogP contribution in [-0.4, -0.2) is 47.3 Å². The highest BCUT2D eigenvalue weighted by atomic mass is 16.5. The van der Waals surface area contributed by atoms with Gasteiger partial charge in [0.15, 0.2) is 0 Å². The fourth-order valence-electron chi connectivity index (χ4n) is 3.66. The number of nitrogens with zero attached hydrogens (tertiary/aromatic N) is 1. The van der Waals surface area contributed by atoms with Crippen LogP contribution in [0.2, 0.25) is 0 Å². The summed E-state index contributed by atoms with van der Waals surface area (Å²) in [6.07, 6.45) is 6.51. The highest BCUT2D eigenvalue weighted by Gasteiger charge is 2.31. The molecule has 2 aliphatic rings. The predicted molar refractivity (Wildman–Crippen MR) is 74.2 cm³/mol. The Labute approximate surface area is 116 Å². The van der Waals surface area contributed by atoms with Gasteiger partial charge in [-0.15, -0.1) is 0 Å². The molecule has 0 aliphatic carbocycles. The van der Waals surface area contributed by atoms with Crippen molar-refractivity contribution in [1.29, 1.82) is 0 Å². The smallest absolute Gasteiger partial charge is 0.303 e. The van der Waals surface area contributed by atoms with Gasteiger partial charge in [-0.3, -0.25) is 9.69 Å². The van der Waals surface area contributed by atoms with Gasteiger partial charge in [-0.2, -0.15) is 0 Å². The third-order valence-corrected chi connectivity index (χ3v) is 4.51. The number of hydrogen-bond acceptors (Lipinski definition) is 3. The third kappa shape index (κ3) is 4.46. The van der Waals surface area contributed by atoms with E-state index in [1.165, 1.54) is 19.4 Å². The average molecular weight is 269 g/mol. The SMILES string of the molecule is CC1CC(N2CCCC(CCC(=O)O)C2)CC(C)O1. The van der Waals surface area contributed by atoms with Gasteiger partial charge in [0.2, 0.25) is 0 Å². The lowest BCUT2D eigenvalue weighted by atomic mass is 9.90. The molecule has 0 amide bonds. The summed E-state index contributed by atoms with van der Waals surface area (Å²) in [5, 5.41) is 8.80. The molecule has 4 nitrogen and oxygen atoms in total. The molecule has 0 spiro atoms. The van der Waals surface area contributed by atoms with E-state index in [0.717, 1.165) is 25.8 Å². The van der Waals surface area contributed by atoms with Gasteiger partial charge in [0.25, 0.3) is 0 Å². The molecule has 0 aromatic carbocycles. The number of carboxylic acids is 1. The molecule has 110 valence electrons. The minimum absolute atomic E-state index is 0.319. The zero-order valence-electron chi connectivity index (χ0n) is 12.2. The fraction of sp³-hybridized carbons (Fsp3) is 0.933. The van der Waals surface area contributed by atoms with E-state index in [1.54, 1.807) is 0 Å². The van der Waals surface area contributed by atoms with Gasteiger partial charge in [-0.1, -0.05) is 0 Å². The molecule has 0 radical (unpaired) electrons. The molecule has 0 aromatic heterocycles. The molecule has 0 bridgehead atoms. The molecule has 19 heavy (non-hydrogen) atoms. The quantitative estimate of drug-likeness (QED) is 0.852. The Balaban J connectivity index is 1.84. The molecule has 4 heteroatoms. The van der Waals surface area contributed by atoms with E-state index in [2.05, 4.69) is 18.7 Å². The first kappa shape index (κ1) is 14.8. The summed E-state index contributed by atoms with van der Waals surface area (Å²) in [4.78, 5) is 13.3. The van der Waals surface area contributed by atoms with E-state index in [1.807, 2.05) is 0 Å². The minimum Gasteiger partial charge on any atom is -0.481 e. The second kappa shape index (κ2) is 6.71. The Morgan fingerprint density at radius 3 is 2.63 bits per heavy atom. The summed E-state index contributed by atoms with van der Waals surface area (Å²) < 4.78 is 5.81. The standard InChI is InChI=1S/C15H27NO3/c1-11-8-14(9-12(2)19-11)16-7-3-4-13(10-16)5-6-15(17)18/h11-14H,3-10H2,1-2H3,(H,17,18). The number of likely N-dealkylation sites (tertiary alicyclic amines) is 1. The van der Waals surface area contributed by atoms with Crippen LogP contribution in [0.3, 0.4) is 0 Å². The molecule has 0 aromatic rings. The van der Waals surface area contributed by atoms with Gasteiger partial charge in [-0.25, -0.2) is 0 Å². The normalized spacial score (nSPS) is 37.2. The summed E-state index contributed by atoms with van der Waals surface area (Å²) >= 11 is 0. The Kier molecular flexibility index (Phi) is 5.22. The summed E-state index contributed by atoms with van der Waals surface area (Å²) in [5.41, 5.74) is 0. The number of hydrogen-bond donors (Lipinski definition) is 1. The molecular weight excluding hydrogens is 242 g/mol. The largest absolute Gasteiger partial charge is 0.481 e. The van der Waals surface area contributed by atoms with Crippen molar-refractivity contribution in [3.8, 4) is 0 Å². The van der Waals surface area contributed by atoms with Crippen LogP contribution >= 0.6 is 0 Å². The van der Waals surface area contributed by atoms with Crippen molar-refractivity contribution in [3.63, 3.8) is 0 Å². The van der Waals surface area contributed by atoms with Crippen LogP contribution < -0.4 is 0 Å². The average Bonchev–Trinajstić information content (AvgIpc) is 2.35. The first-order valence-corrected chi connectivity index (χ1v) is 7.66. The summed E-state index contributed by atoms with van der Waals surface area (Å²) in [7, 11) is 0. The lowest BCUT2D eigenvalue weighted by Crippen LogP contribution is -2.48. The van der Waals surface area contributed by atoms with Gasteiger partial charge in [0, 0.05) is 19.0 Å². The second-order valence-corrected chi connectivity index (χ2v) is 6.32. The number of carboxylic acid groups (broad SMARTS) is 1. The molecule has 2 rings (SSSR count). The van der Waals surface area contributed by atoms with E-state index < -0.39 is 5.97 Å². The van der Waals surface area contributed by atoms with Crippen molar-refractivity contribution in [1.82, 2.24) is 4.90 Å². The highest BCUT2D eigenvalue weighted by Crippen LogP contribution is 2.29. The van der Waals surface area contributed by atoms with Crippen LogP contribution in [0.4, 0.5) is 0 Å². The Morgan fingerprint density at radius 1 is 1.32 bits per heavy atom. The summed E-state index contributed by atoms with van der Waals surface area (Å²) in [6.45, 7) is 6.58. The lowest BCUT2D eigenvalue weighted by Gasteiger charge is -2.43. The predicted octanol–water partition coefficient (Wildman–Crippen LogP) is 2.52. The Hall–Kier alpha value is -0.610. The van der Waals surface area contributed by atoms with Crippen molar-refractivity contribution in [3.05, 3.63) is 0 Å². The maximum absolute atomic E-state index is 10.7. The molecule has 3 atom stereocenters. The van der Waals surface area contributed by atoms with Crippen LogP contribution in [0.1, 0.15) is 52.4 Å². The lowest BCUT2D eigenvalue weighted by molar-refractivity contribution is -0.137. The van der Waals surface area contributed by atoms with Crippen molar-refractivity contribution in [2.24, 2.45) is 5.92 Å². The number of carbonyl (C=O) groups is 1. The van der Waals surface area contributed by atoms with Crippen LogP contribution in [0, 0.1) is 5.92 Å². The van der Waals surface area contributed by atoms with E-state index >= 15 is 0 Å². The number of rotatable bonds is 4. The molecule has 1 N–H and O–H groups in total. The molecule has 2 aliphatic heterocycles. The van der Waals surface area contributed by atoms with Crippen molar-refractivity contribution in [2.75, 3.05) is 13.1 Å². The Morgan fingerprint density at radius 2 is 2.00 bits per heavy atom. The van der Waals surface area contributed by atoms with Crippen LogP contribution in [-0.2, 0) is 9.53 Å². The number of piperidine rings is 1. The van der Waals surface area contributed by atoms with Crippen LogP contribution in [0.5, 0.6) is 0 Å². The molecule has 0 saturated carbocycles. The number of aliphatic carboxylic acids is 1. The maximum Gasteiger partial charge on any atom is 0.303 e. The third-order valence-electron chi connectivity index (χ3n) is 4.51. The van der Waals surface area contributed by atoms with Gasteiger partial charge in [0.1, 0.15) is 0 Å². The van der Waals surface area contributed by atoms with E-state index in [0.29, 0.717) is 30.6 Å². The molecule has 2 heterocycles. The highest BCUT2D eigenvalue weighted by molar-refractivity contribution is 5.66. The Bertz CT molecular complexity index is 298. The van der Waals surface area contributed by atoms with Crippen molar-refractivity contribution < 1.29 is 14.6 Å². The maximum atomic E-state index is 10.7. The van der Waals surface area contributed by atoms with Crippen LogP contribution in [0.25, 0.3) is 0 Å². The summed E-state index contributed by atoms with van der Waals surface area (Å²) in [6, 6.07) is 0.631. The van der Waals surface area contributed by atoms with Crippen molar-refractivity contribution >= 4 is 5.97 Å². The number of ether oxygens (including phenoxy) is 1.